The lowest BCUT2D eigenvalue weighted by Gasteiger charge is -2.25. The number of amides is 1. The van der Waals surface area contributed by atoms with Crippen LogP contribution in [0.3, 0.4) is 0 Å². The van der Waals surface area contributed by atoms with Crippen molar-refractivity contribution in [3.63, 3.8) is 0 Å². The molecule has 3 heterocycles. The van der Waals surface area contributed by atoms with Gasteiger partial charge in [0.05, 0.1) is 22.1 Å². The Morgan fingerprint density at radius 3 is 2.80 bits per heavy atom. The summed E-state index contributed by atoms with van der Waals surface area (Å²) < 4.78 is 0. The lowest BCUT2D eigenvalue weighted by atomic mass is 10.1. The zero-order chi connectivity index (χ0) is 20.5. The number of halogens is 1. The highest BCUT2D eigenvalue weighted by Gasteiger charge is 2.28. The van der Waals surface area contributed by atoms with Crippen molar-refractivity contribution in [3.05, 3.63) is 47.5 Å². The van der Waals surface area contributed by atoms with E-state index in [2.05, 4.69) is 27.3 Å². The van der Waals surface area contributed by atoms with Crippen LogP contribution >= 0.6 is 11.6 Å². The molecular weight excluding hydrogens is 398 g/mol. The van der Waals surface area contributed by atoms with Gasteiger partial charge in [0.1, 0.15) is 5.82 Å². The molecule has 2 saturated heterocycles. The van der Waals surface area contributed by atoms with Gasteiger partial charge in [-0.2, -0.15) is 0 Å². The van der Waals surface area contributed by atoms with E-state index in [1.807, 2.05) is 35.2 Å². The van der Waals surface area contributed by atoms with Crippen LogP contribution in [0.5, 0.6) is 0 Å². The van der Waals surface area contributed by atoms with E-state index in [4.69, 9.17) is 16.6 Å². The summed E-state index contributed by atoms with van der Waals surface area (Å²) in [4.78, 5) is 25.2. The summed E-state index contributed by atoms with van der Waals surface area (Å²) >= 11 is 6.53. The van der Waals surface area contributed by atoms with Gasteiger partial charge in [0.25, 0.3) is 0 Å². The summed E-state index contributed by atoms with van der Waals surface area (Å²) in [5, 5.41) is 4.01. The standard InChI is InChI=1S/C23H26ClN5O/c24-18-9-8-16(15-17(18)22-26-19-5-1-2-6-20(19)27-22)28-11-4-12-29(14-13-28)23(30)21-7-3-10-25-21/h1-2,5-6,8-9,15,21,25H,3-4,7,10-14H2,(H,26,27)/t21-/m0/s1. The van der Waals surface area contributed by atoms with Crippen molar-refractivity contribution in [2.75, 3.05) is 37.6 Å². The topological polar surface area (TPSA) is 64.3 Å². The summed E-state index contributed by atoms with van der Waals surface area (Å²) in [6.45, 7) is 4.26. The number of aromatic nitrogens is 2. The van der Waals surface area contributed by atoms with Crippen LogP contribution in [0.2, 0.25) is 5.02 Å². The number of H-pyrrole nitrogens is 1. The van der Waals surface area contributed by atoms with Crippen LogP contribution in [0.15, 0.2) is 42.5 Å². The van der Waals surface area contributed by atoms with Crippen molar-refractivity contribution >= 4 is 34.2 Å². The monoisotopic (exact) mass is 423 g/mol. The quantitative estimate of drug-likeness (QED) is 0.674. The molecule has 1 atom stereocenters. The Hall–Kier alpha value is -2.57. The van der Waals surface area contributed by atoms with E-state index in [1.54, 1.807) is 0 Å². The summed E-state index contributed by atoms with van der Waals surface area (Å²) in [5.74, 6) is 1.04. The maximum atomic E-state index is 12.8. The highest BCUT2D eigenvalue weighted by Crippen LogP contribution is 2.32. The molecule has 0 radical (unpaired) electrons. The first-order valence-electron chi connectivity index (χ1n) is 10.7. The first-order chi connectivity index (χ1) is 14.7. The first kappa shape index (κ1) is 19.4. The Morgan fingerprint density at radius 1 is 1.07 bits per heavy atom. The van der Waals surface area contributed by atoms with Gasteiger partial charge in [-0.3, -0.25) is 4.79 Å². The number of benzene rings is 2. The van der Waals surface area contributed by atoms with Gasteiger partial charge in [-0.15, -0.1) is 0 Å². The molecule has 2 fully saturated rings. The molecule has 0 unspecified atom stereocenters. The lowest BCUT2D eigenvalue weighted by Crippen LogP contribution is -2.45. The number of nitrogens with one attached hydrogen (secondary N) is 2. The number of aromatic amines is 1. The fraction of sp³-hybridized carbons (Fsp3) is 0.391. The minimum Gasteiger partial charge on any atom is -0.370 e. The van der Waals surface area contributed by atoms with E-state index >= 15 is 0 Å². The number of carbonyl (C=O) groups is 1. The van der Waals surface area contributed by atoms with Crippen LogP contribution in [0.4, 0.5) is 5.69 Å². The van der Waals surface area contributed by atoms with E-state index in [0.29, 0.717) is 5.02 Å². The molecule has 0 saturated carbocycles. The Kier molecular flexibility index (Phi) is 5.35. The van der Waals surface area contributed by atoms with Crippen LogP contribution in [0.25, 0.3) is 22.4 Å². The molecular formula is C23H26ClN5O. The van der Waals surface area contributed by atoms with E-state index in [9.17, 15) is 4.79 Å². The summed E-state index contributed by atoms with van der Waals surface area (Å²) in [7, 11) is 0. The summed E-state index contributed by atoms with van der Waals surface area (Å²) in [5.41, 5.74) is 3.94. The van der Waals surface area contributed by atoms with Gasteiger partial charge in [0.2, 0.25) is 5.91 Å². The van der Waals surface area contributed by atoms with E-state index in [-0.39, 0.29) is 11.9 Å². The van der Waals surface area contributed by atoms with Gasteiger partial charge in [0, 0.05) is 37.4 Å². The maximum Gasteiger partial charge on any atom is 0.239 e. The van der Waals surface area contributed by atoms with Crippen LogP contribution in [-0.2, 0) is 4.79 Å². The fourth-order valence-electron chi connectivity index (χ4n) is 4.48. The molecule has 2 aliphatic heterocycles. The van der Waals surface area contributed by atoms with Crippen molar-refractivity contribution in [2.24, 2.45) is 0 Å². The minimum absolute atomic E-state index is 0.00627. The molecule has 7 heteroatoms. The molecule has 2 aliphatic rings. The van der Waals surface area contributed by atoms with Crippen molar-refractivity contribution in [1.29, 1.82) is 0 Å². The molecule has 3 aromatic rings. The Labute approximate surface area is 181 Å². The first-order valence-corrected chi connectivity index (χ1v) is 11.1. The highest BCUT2D eigenvalue weighted by atomic mass is 35.5. The highest BCUT2D eigenvalue weighted by molar-refractivity contribution is 6.33. The number of imidazole rings is 1. The van der Waals surface area contributed by atoms with Gasteiger partial charge in [-0.25, -0.2) is 4.98 Å². The molecule has 5 rings (SSSR count). The smallest absolute Gasteiger partial charge is 0.239 e. The Bertz CT molecular complexity index is 1030. The largest absolute Gasteiger partial charge is 0.370 e. The number of hydrogen-bond acceptors (Lipinski definition) is 4. The van der Waals surface area contributed by atoms with Crippen molar-refractivity contribution < 1.29 is 4.79 Å². The average molecular weight is 424 g/mol. The molecule has 0 aliphatic carbocycles. The van der Waals surface area contributed by atoms with Crippen molar-refractivity contribution in [1.82, 2.24) is 20.2 Å². The normalized spacial score (nSPS) is 20.0. The second-order valence-corrected chi connectivity index (χ2v) is 8.49. The number of hydrogen-bond donors (Lipinski definition) is 2. The van der Waals surface area contributed by atoms with Crippen molar-refractivity contribution in [3.8, 4) is 11.4 Å². The third-order valence-corrected chi connectivity index (χ3v) is 6.46. The summed E-state index contributed by atoms with van der Waals surface area (Å²) in [6.07, 6.45) is 3.00. The van der Waals surface area contributed by atoms with Gasteiger partial charge >= 0.3 is 0 Å². The van der Waals surface area contributed by atoms with Crippen molar-refractivity contribution in [2.45, 2.75) is 25.3 Å². The molecule has 6 nitrogen and oxygen atoms in total. The number of carbonyl (C=O) groups excluding carboxylic acids is 1. The molecule has 0 bridgehead atoms. The molecule has 0 spiro atoms. The van der Waals surface area contributed by atoms with Crippen LogP contribution in [0.1, 0.15) is 19.3 Å². The predicted octanol–water partition coefficient (Wildman–Crippen LogP) is 3.67. The maximum absolute atomic E-state index is 12.8. The molecule has 2 aromatic carbocycles. The molecule has 2 N–H and O–H groups in total. The number of fused-ring (bicyclic) bond motifs is 1. The second kappa shape index (κ2) is 8.28. The second-order valence-electron chi connectivity index (χ2n) is 8.08. The SMILES string of the molecule is O=C([C@@H]1CCCN1)N1CCCN(c2ccc(Cl)c(-c3nc4ccccc4[nH]3)c2)CC1. The minimum atomic E-state index is 0.00627. The molecule has 1 amide bonds. The number of nitrogens with zero attached hydrogens (tertiary/aromatic N) is 3. The fourth-order valence-corrected chi connectivity index (χ4v) is 4.69. The van der Waals surface area contributed by atoms with Gasteiger partial charge < -0.3 is 20.1 Å². The van der Waals surface area contributed by atoms with E-state index in [0.717, 1.165) is 80.1 Å². The van der Waals surface area contributed by atoms with Crippen LogP contribution in [-0.4, -0.2) is 59.5 Å². The molecule has 156 valence electrons. The predicted molar refractivity (Wildman–Crippen MR) is 121 cm³/mol. The van der Waals surface area contributed by atoms with E-state index in [1.165, 1.54) is 0 Å². The lowest BCUT2D eigenvalue weighted by molar-refractivity contribution is -0.132. The Balaban J connectivity index is 1.35. The van der Waals surface area contributed by atoms with Gasteiger partial charge in [-0.1, -0.05) is 23.7 Å². The molecule has 1 aromatic heterocycles. The third kappa shape index (κ3) is 3.77. The van der Waals surface area contributed by atoms with Gasteiger partial charge in [-0.05, 0) is 56.1 Å². The van der Waals surface area contributed by atoms with Crippen LogP contribution in [0, 0.1) is 0 Å². The average Bonchev–Trinajstić information content (AvgIpc) is 3.38. The zero-order valence-electron chi connectivity index (χ0n) is 16.9. The number of anilines is 1. The molecule has 30 heavy (non-hydrogen) atoms. The summed E-state index contributed by atoms with van der Waals surface area (Å²) in [6, 6.07) is 14.1. The van der Waals surface area contributed by atoms with E-state index < -0.39 is 0 Å². The van der Waals surface area contributed by atoms with Gasteiger partial charge in [0.15, 0.2) is 0 Å². The zero-order valence-corrected chi connectivity index (χ0v) is 17.7. The Morgan fingerprint density at radius 2 is 1.97 bits per heavy atom. The van der Waals surface area contributed by atoms with Crippen LogP contribution < -0.4 is 10.2 Å². The third-order valence-electron chi connectivity index (χ3n) is 6.13. The number of para-hydroxylation sites is 2. The number of rotatable bonds is 3.